The average molecular weight is 358 g/mol. The van der Waals surface area contributed by atoms with Gasteiger partial charge in [0, 0.05) is 25.3 Å². The van der Waals surface area contributed by atoms with Crippen LogP contribution in [0, 0.1) is 0 Å². The van der Waals surface area contributed by atoms with Crippen molar-refractivity contribution in [3.05, 3.63) is 42.2 Å². The van der Waals surface area contributed by atoms with Gasteiger partial charge in [-0.2, -0.15) is 0 Å². The third-order valence-corrected chi connectivity index (χ3v) is 4.72. The summed E-state index contributed by atoms with van der Waals surface area (Å²) in [5, 5.41) is 2.92. The van der Waals surface area contributed by atoms with Crippen molar-refractivity contribution in [1.29, 1.82) is 0 Å². The van der Waals surface area contributed by atoms with Gasteiger partial charge in [0.15, 0.2) is 0 Å². The van der Waals surface area contributed by atoms with Gasteiger partial charge in [0.1, 0.15) is 17.4 Å². The van der Waals surface area contributed by atoms with Crippen molar-refractivity contribution in [1.82, 2.24) is 25.1 Å². The van der Waals surface area contributed by atoms with Crippen LogP contribution in [0.3, 0.4) is 0 Å². The van der Waals surface area contributed by atoms with Crippen LogP contribution in [0.25, 0.3) is 0 Å². The molecule has 3 heterocycles. The van der Waals surface area contributed by atoms with Crippen molar-refractivity contribution in [3.8, 4) is 0 Å². The predicted molar refractivity (Wildman–Crippen MR) is 98.1 cm³/mol. The Morgan fingerprint density at radius 2 is 2.31 bits per heavy atom. The highest BCUT2D eigenvalue weighted by atomic mass is 16.3. The minimum Gasteiger partial charge on any atom is -0.467 e. The number of carbonyl (C=O) groups is 1. The summed E-state index contributed by atoms with van der Waals surface area (Å²) in [4.78, 5) is 25.0. The van der Waals surface area contributed by atoms with Crippen LogP contribution in [0.2, 0.25) is 0 Å². The zero-order chi connectivity index (χ0) is 18.4. The number of likely N-dealkylation sites (tertiary alicyclic amines) is 1. The molecule has 1 saturated heterocycles. The fourth-order valence-electron chi connectivity index (χ4n) is 3.25. The van der Waals surface area contributed by atoms with Gasteiger partial charge in [-0.25, -0.2) is 14.8 Å². The van der Waals surface area contributed by atoms with Gasteiger partial charge in [-0.3, -0.25) is 4.90 Å². The number of amides is 2. The highest BCUT2D eigenvalue weighted by Crippen LogP contribution is 2.17. The van der Waals surface area contributed by atoms with E-state index < -0.39 is 0 Å². The van der Waals surface area contributed by atoms with E-state index in [1.807, 2.05) is 17.0 Å². The van der Waals surface area contributed by atoms with Crippen molar-refractivity contribution in [2.45, 2.75) is 38.4 Å². The van der Waals surface area contributed by atoms with Gasteiger partial charge in [-0.1, -0.05) is 0 Å². The van der Waals surface area contributed by atoms with E-state index in [1.165, 1.54) is 0 Å². The van der Waals surface area contributed by atoms with Crippen molar-refractivity contribution < 1.29 is 9.21 Å². The van der Waals surface area contributed by atoms with Crippen LogP contribution in [0.1, 0.15) is 30.8 Å². The Kier molecular flexibility index (Phi) is 6.06. The Labute approximate surface area is 153 Å². The van der Waals surface area contributed by atoms with Gasteiger partial charge >= 0.3 is 6.03 Å². The van der Waals surface area contributed by atoms with Crippen LogP contribution < -0.4 is 11.1 Å². The number of aromatic nitrogens is 2. The molecule has 0 saturated carbocycles. The second-order valence-corrected chi connectivity index (χ2v) is 6.62. The number of nitrogens with one attached hydrogen (secondary N) is 1. The first-order chi connectivity index (χ1) is 12.6. The summed E-state index contributed by atoms with van der Waals surface area (Å²) in [5.41, 5.74) is 5.73. The molecule has 140 valence electrons. The lowest BCUT2D eigenvalue weighted by atomic mass is 10.1. The monoisotopic (exact) mass is 358 g/mol. The first kappa shape index (κ1) is 18.2. The molecule has 3 N–H and O–H groups in total. The number of rotatable bonds is 5. The number of nitrogens with zero attached hydrogens (tertiary/aromatic N) is 4. The standard InChI is InChI=1S/C18H26N6O2/c1-23(13-17-20-8-6-16(19)22-17)14-4-2-9-24(10-7-14)18(25)21-12-15-5-3-11-26-15/h3,5-6,8,11,14H,2,4,7,9-10,12-13H2,1H3,(H,21,25)(H2,19,20,22). The van der Waals surface area contributed by atoms with Crippen molar-refractivity contribution in [2.75, 3.05) is 25.9 Å². The molecule has 1 aliphatic heterocycles. The van der Waals surface area contributed by atoms with Gasteiger partial charge in [0.05, 0.1) is 19.4 Å². The van der Waals surface area contributed by atoms with Crippen LogP contribution in [-0.4, -0.2) is 52.0 Å². The largest absolute Gasteiger partial charge is 0.467 e. The summed E-state index contributed by atoms with van der Waals surface area (Å²) in [6.45, 7) is 2.57. The summed E-state index contributed by atoms with van der Waals surface area (Å²) in [5.74, 6) is 1.97. The molecule has 0 bridgehead atoms. The van der Waals surface area contributed by atoms with Crippen LogP contribution in [0.5, 0.6) is 0 Å². The fraction of sp³-hybridized carbons (Fsp3) is 0.500. The Hall–Kier alpha value is -2.61. The highest BCUT2D eigenvalue weighted by Gasteiger charge is 2.23. The van der Waals surface area contributed by atoms with Crippen molar-refractivity contribution in [3.63, 3.8) is 0 Å². The van der Waals surface area contributed by atoms with E-state index in [0.717, 1.165) is 43.9 Å². The van der Waals surface area contributed by atoms with E-state index in [1.54, 1.807) is 18.5 Å². The lowest BCUT2D eigenvalue weighted by Gasteiger charge is -2.26. The number of urea groups is 1. The molecule has 2 aromatic heterocycles. The smallest absolute Gasteiger partial charge is 0.317 e. The normalized spacial score (nSPS) is 17.9. The molecule has 1 unspecified atom stereocenters. The number of furan rings is 1. The van der Waals surface area contributed by atoms with Crippen LogP contribution >= 0.6 is 0 Å². The summed E-state index contributed by atoms with van der Waals surface area (Å²) in [6, 6.07) is 5.71. The maximum absolute atomic E-state index is 12.4. The number of anilines is 1. The van der Waals surface area contributed by atoms with Crippen molar-refractivity contribution in [2.24, 2.45) is 0 Å². The van der Waals surface area contributed by atoms with E-state index in [-0.39, 0.29) is 6.03 Å². The van der Waals surface area contributed by atoms with Gasteiger partial charge in [0.2, 0.25) is 0 Å². The van der Waals surface area contributed by atoms with Gasteiger partial charge in [0.25, 0.3) is 0 Å². The Morgan fingerprint density at radius 1 is 1.42 bits per heavy atom. The third kappa shape index (κ3) is 4.95. The van der Waals surface area contributed by atoms with Crippen LogP contribution in [0.15, 0.2) is 35.1 Å². The summed E-state index contributed by atoms with van der Waals surface area (Å²) >= 11 is 0. The molecule has 0 radical (unpaired) electrons. The molecule has 3 rings (SSSR count). The fourth-order valence-corrected chi connectivity index (χ4v) is 3.25. The highest BCUT2D eigenvalue weighted by molar-refractivity contribution is 5.74. The third-order valence-electron chi connectivity index (χ3n) is 4.72. The molecule has 1 atom stereocenters. The first-order valence-corrected chi connectivity index (χ1v) is 8.94. The summed E-state index contributed by atoms with van der Waals surface area (Å²) in [7, 11) is 2.07. The Balaban J connectivity index is 1.48. The topological polar surface area (TPSA) is 101 Å². The van der Waals surface area contributed by atoms with E-state index >= 15 is 0 Å². The Morgan fingerprint density at radius 3 is 3.08 bits per heavy atom. The van der Waals surface area contributed by atoms with Crippen molar-refractivity contribution >= 4 is 11.8 Å². The number of hydrogen-bond acceptors (Lipinski definition) is 6. The van der Waals surface area contributed by atoms with Crippen LogP contribution in [-0.2, 0) is 13.1 Å². The molecule has 2 aromatic rings. The molecule has 2 amide bonds. The molecular weight excluding hydrogens is 332 g/mol. The second-order valence-electron chi connectivity index (χ2n) is 6.62. The SMILES string of the molecule is CN(Cc1nccc(N)n1)C1CCCN(C(=O)NCc2ccco2)CC1. The number of nitrogen functional groups attached to an aromatic ring is 1. The van der Waals surface area contributed by atoms with E-state index in [0.29, 0.717) is 24.9 Å². The molecule has 1 aliphatic rings. The molecule has 8 heteroatoms. The lowest BCUT2D eigenvalue weighted by Crippen LogP contribution is -2.40. The van der Waals surface area contributed by atoms with Gasteiger partial charge in [-0.05, 0) is 44.5 Å². The first-order valence-electron chi connectivity index (χ1n) is 8.94. The summed E-state index contributed by atoms with van der Waals surface area (Å²) < 4.78 is 5.25. The molecule has 0 aliphatic carbocycles. The van der Waals surface area contributed by atoms with Crippen LogP contribution in [0.4, 0.5) is 10.6 Å². The van der Waals surface area contributed by atoms with E-state index in [9.17, 15) is 4.79 Å². The predicted octanol–water partition coefficient (Wildman–Crippen LogP) is 1.85. The minimum atomic E-state index is -0.0381. The van der Waals surface area contributed by atoms with E-state index in [4.69, 9.17) is 10.2 Å². The molecule has 8 nitrogen and oxygen atoms in total. The molecule has 26 heavy (non-hydrogen) atoms. The molecule has 1 fully saturated rings. The number of carbonyl (C=O) groups excluding carboxylic acids is 1. The average Bonchev–Trinajstić information content (AvgIpc) is 3.02. The number of nitrogens with two attached hydrogens (primary N) is 1. The maximum Gasteiger partial charge on any atom is 0.317 e. The molecule has 0 aromatic carbocycles. The number of hydrogen-bond donors (Lipinski definition) is 2. The lowest BCUT2D eigenvalue weighted by molar-refractivity contribution is 0.190. The van der Waals surface area contributed by atoms with Gasteiger partial charge in [-0.15, -0.1) is 0 Å². The zero-order valence-electron chi connectivity index (χ0n) is 15.1. The van der Waals surface area contributed by atoms with Gasteiger partial charge < -0.3 is 20.4 Å². The zero-order valence-corrected chi connectivity index (χ0v) is 15.1. The minimum absolute atomic E-state index is 0.0381. The molecule has 0 spiro atoms. The molecular formula is C18H26N6O2. The maximum atomic E-state index is 12.4. The quantitative estimate of drug-likeness (QED) is 0.846. The summed E-state index contributed by atoms with van der Waals surface area (Å²) in [6.07, 6.45) is 6.23. The second kappa shape index (κ2) is 8.66. The van der Waals surface area contributed by atoms with E-state index in [2.05, 4.69) is 27.2 Å². The Bertz CT molecular complexity index is 705.